The molecule has 0 fully saturated rings. The van der Waals surface area contributed by atoms with E-state index in [9.17, 15) is 4.79 Å². The number of nitrogens with zero attached hydrogens (tertiary/aromatic N) is 1. The molecule has 1 N–H and O–H groups in total. The van der Waals surface area contributed by atoms with Crippen molar-refractivity contribution in [2.24, 2.45) is 0 Å². The largest absolute Gasteiger partial charge is 0.326 e. The molecule has 3 heteroatoms. The molecule has 0 unspecified atom stereocenters. The van der Waals surface area contributed by atoms with Crippen LogP contribution in [0.25, 0.3) is 32.8 Å². The molecule has 3 nitrogen and oxygen atoms in total. The number of fused-ring (bicyclic) bond motifs is 3. The van der Waals surface area contributed by atoms with Crippen LogP contribution in [-0.4, -0.2) is 10.9 Å². The monoisotopic (exact) mass is 340 g/mol. The lowest BCUT2D eigenvalue weighted by molar-refractivity contribution is -0.114. The van der Waals surface area contributed by atoms with Crippen molar-refractivity contribution in [3.8, 4) is 11.1 Å². The van der Waals surface area contributed by atoms with Gasteiger partial charge in [0, 0.05) is 23.9 Å². The first kappa shape index (κ1) is 16.3. The Morgan fingerprint density at radius 1 is 1.00 bits per heavy atom. The highest BCUT2D eigenvalue weighted by Gasteiger charge is 2.16. The number of hydrogen-bond acceptors (Lipinski definition) is 2. The summed E-state index contributed by atoms with van der Waals surface area (Å²) in [4.78, 5) is 16.4. The molecular weight excluding hydrogens is 320 g/mol. The highest BCUT2D eigenvalue weighted by Crippen LogP contribution is 2.38. The summed E-state index contributed by atoms with van der Waals surface area (Å²) in [6, 6.07) is 20.6. The van der Waals surface area contributed by atoms with Crippen LogP contribution < -0.4 is 5.32 Å². The van der Waals surface area contributed by atoms with Crippen molar-refractivity contribution < 1.29 is 4.79 Å². The third kappa shape index (κ3) is 2.72. The third-order valence-electron chi connectivity index (χ3n) is 4.73. The number of carbonyl (C=O) groups excluding carboxylic acids is 1. The summed E-state index contributed by atoms with van der Waals surface area (Å²) in [5.74, 6) is -0.0808. The van der Waals surface area contributed by atoms with E-state index in [1.807, 2.05) is 42.6 Å². The minimum Gasteiger partial charge on any atom is -0.326 e. The number of amides is 1. The molecule has 0 saturated carbocycles. The first-order valence-electron chi connectivity index (χ1n) is 8.85. The van der Waals surface area contributed by atoms with Crippen LogP contribution in [-0.2, 0) is 11.2 Å². The molecule has 1 aromatic heterocycles. The number of carbonyl (C=O) groups is 1. The Bertz CT molecular complexity index is 1120. The summed E-state index contributed by atoms with van der Waals surface area (Å²) in [5, 5.41) is 6.26. The van der Waals surface area contributed by atoms with E-state index in [-0.39, 0.29) is 5.91 Å². The lowest BCUT2D eigenvalue weighted by Gasteiger charge is -2.18. The Kier molecular flexibility index (Phi) is 4.13. The van der Waals surface area contributed by atoms with Crippen LogP contribution in [0.1, 0.15) is 19.4 Å². The zero-order valence-corrected chi connectivity index (χ0v) is 14.9. The molecule has 0 aliphatic carbocycles. The van der Waals surface area contributed by atoms with Gasteiger partial charge in [0.2, 0.25) is 5.91 Å². The SMILES string of the molecule is CCc1c(-c2ccccc2)cc(NC(C)=O)c2cnc3ccccc3c12. The van der Waals surface area contributed by atoms with Gasteiger partial charge < -0.3 is 5.32 Å². The van der Waals surface area contributed by atoms with Crippen LogP contribution in [0.15, 0.2) is 66.9 Å². The van der Waals surface area contributed by atoms with Crippen LogP contribution in [0.4, 0.5) is 5.69 Å². The fraction of sp³-hybridized carbons (Fsp3) is 0.130. The number of pyridine rings is 1. The molecular formula is C23H20N2O. The Balaban J connectivity index is 2.17. The standard InChI is InChI=1S/C23H20N2O/c1-3-17-19(16-9-5-4-6-10-16)13-22(25-15(2)26)20-14-24-21-12-8-7-11-18(21)23(17)20/h4-14H,3H2,1-2H3,(H,25,26). The Labute approximate surface area is 152 Å². The third-order valence-corrected chi connectivity index (χ3v) is 4.73. The van der Waals surface area contributed by atoms with Gasteiger partial charge >= 0.3 is 0 Å². The first-order chi connectivity index (χ1) is 12.7. The van der Waals surface area contributed by atoms with Gasteiger partial charge in [0.15, 0.2) is 0 Å². The quantitative estimate of drug-likeness (QED) is 0.495. The fourth-order valence-electron chi connectivity index (χ4n) is 3.65. The summed E-state index contributed by atoms with van der Waals surface area (Å²) in [6.07, 6.45) is 2.77. The summed E-state index contributed by atoms with van der Waals surface area (Å²) in [5.41, 5.74) is 5.36. The molecule has 1 amide bonds. The maximum absolute atomic E-state index is 11.8. The lowest BCUT2D eigenvalue weighted by atomic mass is 9.90. The maximum Gasteiger partial charge on any atom is 0.221 e. The molecule has 3 aromatic carbocycles. The van der Waals surface area contributed by atoms with Crippen molar-refractivity contribution in [2.75, 3.05) is 5.32 Å². The highest BCUT2D eigenvalue weighted by molar-refractivity contribution is 6.15. The molecule has 0 spiro atoms. The molecule has 0 saturated heterocycles. The van der Waals surface area contributed by atoms with Gasteiger partial charge in [-0.3, -0.25) is 9.78 Å². The molecule has 0 bridgehead atoms. The second kappa shape index (κ2) is 6.60. The predicted octanol–water partition coefficient (Wildman–Crippen LogP) is 5.58. The number of aryl methyl sites for hydroxylation is 1. The Morgan fingerprint density at radius 3 is 2.46 bits per heavy atom. The van der Waals surface area contributed by atoms with Crippen LogP contribution in [0.5, 0.6) is 0 Å². The first-order valence-corrected chi connectivity index (χ1v) is 8.85. The topological polar surface area (TPSA) is 42.0 Å². The number of hydrogen-bond donors (Lipinski definition) is 1. The second-order valence-electron chi connectivity index (χ2n) is 6.42. The van der Waals surface area contributed by atoms with Gasteiger partial charge in [0.05, 0.1) is 11.2 Å². The van der Waals surface area contributed by atoms with Gasteiger partial charge in [0.1, 0.15) is 0 Å². The zero-order valence-electron chi connectivity index (χ0n) is 14.9. The molecule has 0 atom stereocenters. The van der Waals surface area contributed by atoms with Gasteiger partial charge in [-0.2, -0.15) is 0 Å². The molecule has 1 heterocycles. The van der Waals surface area contributed by atoms with E-state index in [4.69, 9.17) is 0 Å². The van der Waals surface area contributed by atoms with Crippen LogP contribution in [0.3, 0.4) is 0 Å². The molecule has 0 radical (unpaired) electrons. The zero-order chi connectivity index (χ0) is 18.1. The van der Waals surface area contributed by atoms with Crippen molar-refractivity contribution >= 4 is 33.3 Å². The van der Waals surface area contributed by atoms with Gasteiger partial charge in [-0.1, -0.05) is 55.5 Å². The van der Waals surface area contributed by atoms with E-state index < -0.39 is 0 Å². The second-order valence-corrected chi connectivity index (χ2v) is 6.42. The summed E-state index contributed by atoms with van der Waals surface area (Å²) in [7, 11) is 0. The van der Waals surface area contributed by atoms with E-state index >= 15 is 0 Å². The smallest absolute Gasteiger partial charge is 0.221 e. The number of anilines is 1. The van der Waals surface area contributed by atoms with Crippen molar-refractivity contribution in [1.29, 1.82) is 0 Å². The number of nitrogens with one attached hydrogen (secondary N) is 1. The lowest BCUT2D eigenvalue weighted by Crippen LogP contribution is -2.07. The van der Waals surface area contributed by atoms with Crippen molar-refractivity contribution in [2.45, 2.75) is 20.3 Å². The summed E-state index contributed by atoms with van der Waals surface area (Å²) < 4.78 is 0. The van der Waals surface area contributed by atoms with Gasteiger partial charge in [0.25, 0.3) is 0 Å². The van der Waals surface area contributed by atoms with Crippen molar-refractivity contribution in [1.82, 2.24) is 4.98 Å². The Morgan fingerprint density at radius 2 is 1.73 bits per heavy atom. The van der Waals surface area contributed by atoms with Crippen molar-refractivity contribution in [3.05, 3.63) is 72.4 Å². The minimum atomic E-state index is -0.0808. The molecule has 26 heavy (non-hydrogen) atoms. The Hall–Kier alpha value is -3.20. The van der Waals surface area contributed by atoms with E-state index in [0.717, 1.165) is 39.5 Å². The van der Waals surface area contributed by atoms with E-state index in [1.165, 1.54) is 17.9 Å². The van der Waals surface area contributed by atoms with E-state index in [2.05, 4.69) is 41.5 Å². The summed E-state index contributed by atoms with van der Waals surface area (Å²) >= 11 is 0. The van der Waals surface area contributed by atoms with Crippen LogP contribution >= 0.6 is 0 Å². The van der Waals surface area contributed by atoms with Gasteiger partial charge in [-0.25, -0.2) is 0 Å². The molecule has 0 aliphatic heterocycles. The van der Waals surface area contributed by atoms with E-state index in [0.29, 0.717) is 0 Å². The van der Waals surface area contributed by atoms with E-state index in [1.54, 1.807) is 0 Å². The predicted molar refractivity (Wildman–Crippen MR) is 108 cm³/mol. The number of benzene rings is 3. The normalized spacial score (nSPS) is 11.0. The number of aromatic nitrogens is 1. The van der Waals surface area contributed by atoms with Gasteiger partial charge in [-0.15, -0.1) is 0 Å². The van der Waals surface area contributed by atoms with Crippen LogP contribution in [0, 0.1) is 0 Å². The number of rotatable bonds is 3. The maximum atomic E-state index is 11.8. The molecule has 0 aliphatic rings. The minimum absolute atomic E-state index is 0.0808. The fourth-order valence-corrected chi connectivity index (χ4v) is 3.65. The molecule has 4 aromatic rings. The molecule has 128 valence electrons. The average Bonchev–Trinajstić information content (AvgIpc) is 2.67. The van der Waals surface area contributed by atoms with Crippen molar-refractivity contribution in [3.63, 3.8) is 0 Å². The highest BCUT2D eigenvalue weighted by atomic mass is 16.1. The van der Waals surface area contributed by atoms with Crippen LogP contribution in [0.2, 0.25) is 0 Å². The molecule has 4 rings (SSSR count). The number of para-hydroxylation sites is 1. The summed E-state index contributed by atoms with van der Waals surface area (Å²) in [6.45, 7) is 3.71. The average molecular weight is 340 g/mol. The van der Waals surface area contributed by atoms with Gasteiger partial charge in [-0.05, 0) is 40.6 Å².